The monoisotopic (exact) mass is 259 g/mol. The van der Waals surface area contributed by atoms with Crippen LogP contribution in [0.1, 0.15) is 26.3 Å². The Morgan fingerprint density at radius 1 is 1.32 bits per heavy atom. The fraction of sp³-hybridized carbons (Fsp3) is 0.312. The lowest BCUT2D eigenvalue weighted by Crippen LogP contribution is -2.01. The van der Waals surface area contributed by atoms with Gasteiger partial charge < -0.3 is 9.84 Å². The van der Waals surface area contributed by atoms with E-state index in [2.05, 4.69) is 4.99 Å². The normalized spacial score (nSPS) is 13.3. The maximum atomic E-state index is 9.72. The molecule has 19 heavy (non-hydrogen) atoms. The number of nitrogens with zero attached hydrogens (tertiary/aromatic N) is 1. The van der Waals surface area contributed by atoms with E-state index < -0.39 is 0 Å². The third-order valence-corrected chi connectivity index (χ3v) is 2.43. The summed E-state index contributed by atoms with van der Waals surface area (Å²) in [6, 6.07) is 9.97. The smallest absolute Gasteiger partial charge is 0.299 e. The van der Waals surface area contributed by atoms with Crippen molar-refractivity contribution in [1.82, 2.24) is 0 Å². The average molecular weight is 259 g/mol. The zero-order valence-electron chi connectivity index (χ0n) is 11.7. The Hall–Kier alpha value is -2.03. The molecule has 3 heteroatoms. The second kappa shape index (κ2) is 8.14. The molecule has 0 aliphatic carbocycles. The van der Waals surface area contributed by atoms with Crippen LogP contribution in [0.3, 0.4) is 0 Å². The van der Waals surface area contributed by atoms with Gasteiger partial charge in [-0.3, -0.25) is 4.99 Å². The van der Waals surface area contributed by atoms with Gasteiger partial charge in [-0.05, 0) is 18.6 Å². The van der Waals surface area contributed by atoms with Crippen molar-refractivity contribution in [2.24, 2.45) is 10.9 Å². The lowest BCUT2D eigenvalue weighted by molar-refractivity contribution is 0.0948. The lowest BCUT2D eigenvalue weighted by Gasteiger charge is -2.08. The highest BCUT2D eigenvalue weighted by Crippen LogP contribution is 2.15. The van der Waals surface area contributed by atoms with Gasteiger partial charge in [-0.15, -0.1) is 0 Å². The molecule has 0 bridgehead atoms. The molecule has 0 fully saturated rings. The minimum atomic E-state index is -0.0955. The zero-order valence-corrected chi connectivity index (χ0v) is 11.7. The van der Waals surface area contributed by atoms with Crippen molar-refractivity contribution in [3.63, 3.8) is 0 Å². The molecule has 0 aliphatic heterocycles. The second-order valence-corrected chi connectivity index (χ2v) is 4.33. The van der Waals surface area contributed by atoms with Crippen LogP contribution >= 0.6 is 0 Å². The SMILES string of the molecule is CCO/C(O)=C(/N=C/C=C/c1ccccc1)C(C)C. The Morgan fingerprint density at radius 2 is 2.00 bits per heavy atom. The molecular formula is C16H21NO2. The predicted octanol–water partition coefficient (Wildman–Crippen LogP) is 4.19. The molecular weight excluding hydrogens is 238 g/mol. The van der Waals surface area contributed by atoms with Crippen LogP contribution in [-0.4, -0.2) is 17.9 Å². The van der Waals surface area contributed by atoms with Crippen molar-refractivity contribution in [3.8, 4) is 0 Å². The molecule has 0 amide bonds. The van der Waals surface area contributed by atoms with Gasteiger partial charge in [0.15, 0.2) is 0 Å². The summed E-state index contributed by atoms with van der Waals surface area (Å²) < 4.78 is 5.08. The molecule has 0 aromatic heterocycles. The zero-order chi connectivity index (χ0) is 14.1. The molecule has 1 N–H and O–H groups in total. The number of hydrogen-bond donors (Lipinski definition) is 1. The maximum Gasteiger partial charge on any atom is 0.299 e. The van der Waals surface area contributed by atoms with Crippen molar-refractivity contribution >= 4 is 12.3 Å². The van der Waals surface area contributed by atoms with E-state index in [-0.39, 0.29) is 11.9 Å². The largest absolute Gasteiger partial charge is 0.480 e. The highest BCUT2D eigenvalue weighted by atomic mass is 16.6. The van der Waals surface area contributed by atoms with Gasteiger partial charge in [0.1, 0.15) is 5.70 Å². The van der Waals surface area contributed by atoms with E-state index in [0.717, 1.165) is 5.56 Å². The van der Waals surface area contributed by atoms with Crippen LogP contribution in [0.2, 0.25) is 0 Å². The first-order valence-electron chi connectivity index (χ1n) is 6.46. The van der Waals surface area contributed by atoms with Crippen LogP contribution in [0.5, 0.6) is 0 Å². The van der Waals surface area contributed by atoms with Gasteiger partial charge in [0.05, 0.1) is 6.61 Å². The van der Waals surface area contributed by atoms with Gasteiger partial charge in [0.2, 0.25) is 0 Å². The van der Waals surface area contributed by atoms with Crippen LogP contribution < -0.4 is 0 Å². The predicted molar refractivity (Wildman–Crippen MR) is 80.1 cm³/mol. The molecule has 1 rings (SSSR count). The van der Waals surface area contributed by atoms with Gasteiger partial charge in [-0.2, -0.15) is 0 Å². The molecule has 0 saturated heterocycles. The summed E-state index contributed by atoms with van der Waals surface area (Å²) in [4.78, 5) is 4.25. The van der Waals surface area contributed by atoms with Crippen LogP contribution in [0.15, 0.2) is 53.0 Å². The minimum Gasteiger partial charge on any atom is -0.480 e. The first-order valence-corrected chi connectivity index (χ1v) is 6.46. The minimum absolute atomic E-state index is 0.0955. The molecule has 0 atom stereocenters. The Morgan fingerprint density at radius 3 is 2.58 bits per heavy atom. The highest BCUT2D eigenvalue weighted by molar-refractivity contribution is 5.79. The fourth-order valence-corrected chi connectivity index (χ4v) is 1.50. The molecule has 0 unspecified atom stereocenters. The summed E-state index contributed by atoms with van der Waals surface area (Å²) >= 11 is 0. The number of aliphatic imine (C=N–C) groups is 1. The molecule has 3 nitrogen and oxygen atoms in total. The van der Waals surface area contributed by atoms with E-state index in [1.54, 1.807) is 6.21 Å². The average Bonchev–Trinajstić information content (AvgIpc) is 2.39. The van der Waals surface area contributed by atoms with Crippen molar-refractivity contribution in [2.45, 2.75) is 20.8 Å². The number of aliphatic hydroxyl groups excluding tert-OH is 1. The summed E-state index contributed by atoms with van der Waals surface area (Å²) in [5.41, 5.74) is 1.66. The highest BCUT2D eigenvalue weighted by Gasteiger charge is 2.09. The molecule has 1 aromatic rings. The quantitative estimate of drug-likeness (QED) is 0.614. The number of ether oxygens (including phenoxy) is 1. The fourth-order valence-electron chi connectivity index (χ4n) is 1.50. The molecule has 0 saturated carbocycles. The Labute approximate surface area is 115 Å². The second-order valence-electron chi connectivity index (χ2n) is 4.33. The van der Waals surface area contributed by atoms with E-state index in [9.17, 15) is 5.11 Å². The van der Waals surface area contributed by atoms with E-state index >= 15 is 0 Å². The van der Waals surface area contributed by atoms with Crippen molar-refractivity contribution in [3.05, 3.63) is 53.6 Å². The van der Waals surface area contributed by atoms with E-state index in [4.69, 9.17) is 4.74 Å². The van der Waals surface area contributed by atoms with Gasteiger partial charge >= 0.3 is 0 Å². The molecule has 1 aromatic carbocycles. The summed E-state index contributed by atoms with van der Waals surface area (Å²) in [6.45, 7) is 6.18. The first-order chi connectivity index (χ1) is 9.15. The molecule has 102 valence electrons. The van der Waals surface area contributed by atoms with Gasteiger partial charge in [-0.1, -0.05) is 50.3 Å². The number of aliphatic hydroxyl groups is 1. The van der Waals surface area contributed by atoms with Gasteiger partial charge in [-0.25, -0.2) is 0 Å². The van der Waals surface area contributed by atoms with Crippen LogP contribution in [0.25, 0.3) is 6.08 Å². The van der Waals surface area contributed by atoms with Crippen LogP contribution in [-0.2, 0) is 4.74 Å². The number of benzene rings is 1. The summed E-state index contributed by atoms with van der Waals surface area (Å²) in [5.74, 6) is 0.00906. The number of hydrogen-bond acceptors (Lipinski definition) is 3. The van der Waals surface area contributed by atoms with Crippen LogP contribution in [0, 0.1) is 5.92 Å². The van der Waals surface area contributed by atoms with Gasteiger partial charge in [0, 0.05) is 12.1 Å². The Bertz CT molecular complexity index is 459. The number of allylic oxidation sites excluding steroid dienone is 2. The summed E-state index contributed by atoms with van der Waals surface area (Å²) in [6.07, 6.45) is 5.47. The Kier molecular flexibility index (Phi) is 6.44. The molecule has 0 spiro atoms. The number of rotatable bonds is 6. The topological polar surface area (TPSA) is 41.8 Å². The van der Waals surface area contributed by atoms with Crippen molar-refractivity contribution in [2.75, 3.05) is 6.61 Å². The van der Waals surface area contributed by atoms with Gasteiger partial charge in [0.25, 0.3) is 5.95 Å². The first kappa shape index (κ1) is 15.0. The molecule has 0 radical (unpaired) electrons. The maximum absolute atomic E-state index is 9.72. The Balaban J connectivity index is 2.73. The van der Waals surface area contributed by atoms with E-state index in [1.165, 1.54) is 0 Å². The third-order valence-electron chi connectivity index (χ3n) is 2.43. The molecule has 0 aliphatic rings. The van der Waals surface area contributed by atoms with Crippen molar-refractivity contribution in [1.29, 1.82) is 0 Å². The van der Waals surface area contributed by atoms with E-state index in [0.29, 0.717) is 12.3 Å². The van der Waals surface area contributed by atoms with Crippen LogP contribution in [0.4, 0.5) is 0 Å². The lowest BCUT2D eigenvalue weighted by atomic mass is 10.1. The van der Waals surface area contributed by atoms with Crippen molar-refractivity contribution < 1.29 is 9.84 Å². The molecule has 0 heterocycles. The standard InChI is InChI=1S/C16H21NO2/c1-4-19-16(18)15(13(2)3)17-12-8-11-14-9-6-5-7-10-14/h5-13,18H,4H2,1-3H3/b11-8+,16-15+,17-12+. The summed E-state index contributed by atoms with van der Waals surface area (Å²) in [7, 11) is 0. The van der Waals surface area contributed by atoms with E-state index in [1.807, 2.05) is 63.3 Å². The summed E-state index contributed by atoms with van der Waals surface area (Å²) in [5, 5.41) is 9.72. The third kappa shape index (κ3) is 5.42.